The van der Waals surface area contributed by atoms with Crippen molar-refractivity contribution in [2.75, 3.05) is 11.4 Å². The molecule has 1 N–H and O–H groups in total. The van der Waals surface area contributed by atoms with Crippen molar-refractivity contribution in [1.29, 1.82) is 0 Å². The number of aromatic nitrogens is 4. The van der Waals surface area contributed by atoms with Crippen LogP contribution in [0.15, 0.2) is 42.9 Å². The molecule has 0 aliphatic carbocycles. The van der Waals surface area contributed by atoms with Gasteiger partial charge in [0.1, 0.15) is 18.2 Å². The highest BCUT2D eigenvalue weighted by molar-refractivity contribution is 5.89. The minimum atomic E-state index is -0.809. The van der Waals surface area contributed by atoms with E-state index in [0.29, 0.717) is 25.3 Å². The Bertz CT molecular complexity index is 877. The van der Waals surface area contributed by atoms with Crippen LogP contribution < -0.4 is 4.90 Å². The molecule has 1 aromatic carbocycles. The zero-order valence-electron chi connectivity index (χ0n) is 13.0. The lowest BCUT2D eigenvalue weighted by molar-refractivity contribution is -0.138. The van der Waals surface area contributed by atoms with E-state index in [-0.39, 0.29) is 0 Å². The van der Waals surface area contributed by atoms with Crippen LogP contribution in [0, 0.1) is 0 Å². The fourth-order valence-corrected chi connectivity index (χ4v) is 3.26. The molecule has 7 nitrogen and oxygen atoms in total. The van der Waals surface area contributed by atoms with Gasteiger partial charge in [0.25, 0.3) is 0 Å². The number of benzene rings is 1. The third-order valence-electron chi connectivity index (χ3n) is 4.40. The summed E-state index contributed by atoms with van der Waals surface area (Å²) >= 11 is 0. The molecule has 1 aliphatic heterocycles. The van der Waals surface area contributed by atoms with Crippen molar-refractivity contribution < 1.29 is 9.90 Å². The van der Waals surface area contributed by atoms with Crippen molar-refractivity contribution in [2.24, 2.45) is 0 Å². The molecular weight excluding hydrogens is 306 g/mol. The van der Waals surface area contributed by atoms with E-state index in [2.05, 4.69) is 15.1 Å². The molecule has 122 valence electrons. The number of aliphatic carboxylic acids is 1. The van der Waals surface area contributed by atoms with Gasteiger partial charge < -0.3 is 10.0 Å². The first-order chi connectivity index (χ1) is 11.7. The molecule has 1 saturated heterocycles. The molecule has 2 aromatic heterocycles. The summed E-state index contributed by atoms with van der Waals surface area (Å²) < 4.78 is 1.82. The summed E-state index contributed by atoms with van der Waals surface area (Å²) in [5.74, 6) is -0.153. The normalized spacial score (nSPS) is 17.5. The van der Waals surface area contributed by atoms with E-state index in [0.717, 1.165) is 23.0 Å². The molecule has 3 heterocycles. The average Bonchev–Trinajstić information content (AvgIpc) is 3.23. The van der Waals surface area contributed by atoms with Crippen LogP contribution in [-0.4, -0.2) is 43.4 Å². The number of hydrogen-bond acceptors (Lipinski definition) is 5. The molecule has 24 heavy (non-hydrogen) atoms. The van der Waals surface area contributed by atoms with Gasteiger partial charge in [0.05, 0.1) is 18.1 Å². The van der Waals surface area contributed by atoms with Crippen molar-refractivity contribution in [3.05, 3.63) is 48.4 Å². The Balaban J connectivity index is 1.73. The molecule has 0 radical (unpaired) electrons. The van der Waals surface area contributed by atoms with Gasteiger partial charge in [0.2, 0.25) is 0 Å². The van der Waals surface area contributed by atoms with Crippen molar-refractivity contribution >= 4 is 22.8 Å². The highest BCUT2D eigenvalue weighted by atomic mass is 16.4. The van der Waals surface area contributed by atoms with Crippen LogP contribution in [0.5, 0.6) is 0 Å². The first kappa shape index (κ1) is 14.6. The lowest BCUT2D eigenvalue weighted by Gasteiger charge is -2.22. The molecule has 1 atom stereocenters. The summed E-state index contributed by atoms with van der Waals surface area (Å²) in [6.07, 6.45) is 4.70. The highest BCUT2D eigenvalue weighted by Gasteiger charge is 2.32. The van der Waals surface area contributed by atoms with Crippen LogP contribution in [0.3, 0.4) is 0 Å². The monoisotopic (exact) mass is 323 g/mol. The predicted octanol–water partition coefficient (Wildman–Crippen LogP) is 1.93. The molecule has 4 rings (SSSR count). The Kier molecular flexibility index (Phi) is 3.60. The van der Waals surface area contributed by atoms with E-state index in [9.17, 15) is 9.90 Å². The Morgan fingerprint density at radius 3 is 2.88 bits per heavy atom. The van der Waals surface area contributed by atoms with Gasteiger partial charge in [-0.2, -0.15) is 5.10 Å². The van der Waals surface area contributed by atoms with Crippen molar-refractivity contribution in [1.82, 2.24) is 19.7 Å². The van der Waals surface area contributed by atoms with E-state index in [4.69, 9.17) is 0 Å². The number of anilines is 1. The van der Waals surface area contributed by atoms with E-state index < -0.39 is 12.0 Å². The SMILES string of the molecule is O=C(O)C1CCCN1c1ncnc2c1cnn2Cc1ccccc1. The second-order valence-corrected chi connectivity index (χ2v) is 5.91. The molecule has 0 amide bonds. The molecule has 0 bridgehead atoms. The molecule has 7 heteroatoms. The molecule has 0 saturated carbocycles. The number of fused-ring (bicyclic) bond motifs is 1. The second kappa shape index (κ2) is 5.92. The van der Waals surface area contributed by atoms with Gasteiger partial charge in [-0.1, -0.05) is 30.3 Å². The zero-order chi connectivity index (χ0) is 16.5. The average molecular weight is 323 g/mol. The van der Waals surface area contributed by atoms with Crippen molar-refractivity contribution in [3.63, 3.8) is 0 Å². The first-order valence-corrected chi connectivity index (χ1v) is 7.94. The van der Waals surface area contributed by atoms with Crippen LogP contribution in [0.2, 0.25) is 0 Å². The number of carboxylic acids is 1. The number of hydrogen-bond donors (Lipinski definition) is 1. The summed E-state index contributed by atoms with van der Waals surface area (Å²) in [6.45, 7) is 1.30. The van der Waals surface area contributed by atoms with Gasteiger partial charge in [0, 0.05) is 6.54 Å². The van der Waals surface area contributed by atoms with Gasteiger partial charge in [0.15, 0.2) is 5.65 Å². The van der Waals surface area contributed by atoms with Crippen molar-refractivity contribution in [2.45, 2.75) is 25.4 Å². The molecule has 3 aromatic rings. The molecular formula is C17H17N5O2. The van der Waals surface area contributed by atoms with Crippen LogP contribution in [0.1, 0.15) is 18.4 Å². The highest BCUT2D eigenvalue weighted by Crippen LogP contribution is 2.29. The maximum atomic E-state index is 11.5. The fraction of sp³-hybridized carbons (Fsp3) is 0.294. The summed E-state index contributed by atoms with van der Waals surface area (Å²) in [7, 11) is 0. The molecule has 0 spiro atoms. The van der Waals surface area contributed by atoms with Crippen LogP contribution in [0.4, 0.5) is 5.82 Å². The third kappa shape index (κ3) is 2.47. The summed E-state index contributed by atoms with van der Waals surface area (Å²) in [6, 6.07) is 9.50. The Labute approximate surface area is 138 Å². The van der Waals surface area contributed by atoms with Gasteiger partial charge in [-0.15, -0.1) is 0 Å². The van der Waals surface area contributed by atoms with Crippen molar-refractivity contribution in [3.8, 4) is 0 Å². The Morgan fingerprint density at radius 2 is 2.08 bits per heavy atom. The van der Waals surface area contributed by atoms with E-state index >= 15 is 0 Å². The number of carbonyl (C=O) groups is 1. The van der Waals surface area contributed by atoms with Gasteiger partial charge in [-0.3, -0.25) is 0 Å². The lowest BCUT2D eigenvalue weighted by Crippen LogP contribution is -2.36. The minimum Gasteiger partial charge on any atom is -0.480 e. The van der Waals surface area contributed by atoms with Crippen LogP contribution in [0.25, 0.3) is 11.0 Å². The largest absolute Gasteiger partial charge is 0.480 e. The maximum Gasteiger partial charge on any atom is 0.326 e. The summed E-state index contributed by atoms with van der Waals surface area (Å²) in [5.41, 5.74) is 1.85. The third-order valence-corrected chi connectivity index (χ3v) is 4.40. The second-order valence-electron chi connectivity index (χ2n) is 5.91. The van der Waals surface area contributed by atoms with E-state index in [1.807, 2.05) is 39.9 Å². The quantitative estimate of drug-likeness (QED) is 0.790. The van der Waals surface area contributed by atoms with Gasteiger partial charge >= 0.3 is 5.97 Å². The number of rotatable bonds is 4. The molecule has 1 unspecified atom stereocenters. The molecule has 1 aliphatic rings. The number of nitrogens with zero attached hydrogens (tertiary/aromatic N) is 5. The molecule has 1 fully saturated rings. The standard InChI is InChI=1S/C17H17N5O2/c23-17(24)14-7-4-8-21(14)15-13-9-20-22(16(13)19-11-18-15)10-12-5-2-1-3-6-12/h1-3,5-6,9,11,14H,4,7-8,10H2,(H,23,24). The van der Waals surface area contributed by atoms with E-state index in [1.165, 1.54) is 6.33 Å². The first-order valence-electron chi connectivity index (χ1n) is 7.94. The fourth-order valence-electron chi connectivity index (χ4n) is 3.26. The van der Waals surface area contributed by atoms with Gasteiger partial charge in [-0.25, -0.2) is 19.4 Å². The van der Waals surface area contributed by atoms with Gasteiger partial charge in [-0.05, 0) is 18.4 Å². The topological polar surface area (TPSA) is 84.1 Å². The maximum absolute atomic E-state index is 11.5. The predicted molar refractivity (Wildman–Crippen MR) is 88.9 cm³/mol. The smallest absolute Gasteiger partial charge is 0.326 e. The minimum absolute atomic E-state index is 0.527. The zero-order valence-corrected chi connectivity index (χ0v) is 13.0. The van der Waals surface area contributed by atoms with E-state index in [1.54, 1.807) is 6.20 Å². The lowest BCUT2D eigenvalue weighted by atomic mass is 10.2. The summed E-state index contributed by atoms with van der Waals surface area (Å²) in [5, 5.41) is 14.6. The Hall–Kier alpha value is -2.96. The Morgan fingerprint density at radius 1 is 1.25 bits per heavy atom. The number of carboxylic acid groups (broad SMARTS) is 1. The van der Waals surface area contributed by atoms with Crippen LogP contribution in [-0.2, 0) is 11.3 Å². The summed E-state index contributed by atoms with van der Waals surface area (Å²) in [4.78, 5) is 22.0. The van der Waals surface area contributed by atoms with Crippen LogP contribution >= 0.6 is 0 Å².